The summed E-state index contributed by atoms with van der Waals surface area (Å²) >= 11 is 4.90. The third-order valence-corrected chi connectivity index (χ3v) is 2.71. The molecule has 2 rings (SSSR count). The van der Waals surface area contributed by atoms with Gasteiger partial charge in [0.1, 0.15) is 11.6 Å². The van der Waals surface area contributed by atoms with Gasteiger partial charge in [-0.2, -0.15) is 0 Å². The topological polar surface area (TPSA) is 31.6 Å². The van der Waals surface area contributed by atoms with Gasteiger partial charge in [0.15, 0.2) is 4.77 Å². The van der Waals surface area contributed by atoms with Crippen molar-refractivity contribution in [3.63, 3.8) is 0 Å². The zero-order chi connectivity index (χ0) is 12.3. The number of aromatic nitrogens is 2. The lowest BCUT2D eigenvalue weighted by Crippen LogP contribution is -1.92. The van der Waals surface area contributed by atoms with Crippen LogP contribution in [-0.2, 0) is 12.8 Å². The lowest BCUT2D eigenvalue weighted by molar-refractivity contribution is 0.578. The average molecular weight is 254 g/mol. The maximum Gasteiger partial charge on any atom is 0.174 e. The number of nitrogens with one attached hydrogen (secondary N) is 2. The summed E-state index contributed by atoms with van der Waals surface area (Å²) in [6, 6.07) is 3.61. The molecule has 0 radical (unpaired) electrons. The van der Waals surface area contributed by atoms with Crippen LogP contribution in [0.4, 0.5) is 8.78 Å². The fourth-order valence-corrected chi connectivity index (χ4v) is 1.93. The molecule has 2 nitrogen and oxygen atoms in total. The molecule has 5 heteroatoms. The lowest BCUT2D eigenvalue weighted by Gasteiger charge is -2.01. The van der Waals surface area contributed by atoms with E-state index in [0.29, 0.717) is 16.8 Å². The third kappa shape index (κ3) is 3.49. The number of rotatable bonds is 4. The first kappa shape index (κ1) is 12.0. The molecule has 0 spiro atoms. The Hall–Kier alpha value is -1.49. The maximum atomic E-state index is 12.9. The molecule has 1 aromatic carbocycles. The van der Waals surface area contributed by atoms with Gasteiger partial charge in [-0.15, -0.1) is 0 Å². The third-order valence-electron chi connectivity index (χ3n) is 2.49. The molecule has 0 amide bonds. The minimum atomic E-state index is -0.527. The summed E-state index contributed by atoms with van der Waals surface area (Å²) in [6.07, 6.45) is 4.06. The smallest absolute Gasteiger partial charge is 0.174 e. The average Bonchev–Trinajstić information content (AvgIpc) is 2.63. The van der Waals surface area contributed by atoms with E-state index in [9.17, 15) is 8.78 Å². The first-order valence-electron chi connectivity index (χ1n) is 5.35. The molecular weight excluding hydrogens is 242 g/mol. The highest BCUT2D eigenvalue weighted by atomic mass is 32.1. The number of H-pyrrole nitrogens is 2. The first-order chi connectivity index (χ1) is 8.13. The van der Waals surface area contributed by atoms with Gasteiger partial charge < -0.3 is 9.97 Å². The Bertz CT molecular complexity index is 539. The molecule has 0 aliphatic rings. The van der Waals surface area contributed by atoms with Crippen molar-refractivity contribution in [2.24, 2.45) is 0 Å². The molecule has 0 unspecified atom stereocenters. The van der Waals surface area contributed by atoms with Crippen molar-refractivity contribution < 1.29 is 8.78 Å². The molecule has 0 atom stereocenters. The second-order valence-electron chi connectivity index (χ2n) is 3.90. The van der Waals surface area contributed by atoms with Crippen LogP contribution >= 0.6 is 12.2 Å². The first-order valence-corrected chi connectivity index (χ1v) is 5.76. The zero-order valence-electron chi connectivity index (χ0n) is 9.09. The van der Waals surface area contributed by atoms with E-state index in [0.717, 1.165) is 24.6 Å². The molecule has 0 saturated heterocycles. The van der Waals surface area contributed by atoms with Crippen molar-refractivity contribution in [3.8, 4) is 0 Å². The standard InChI is InChI=1S/C12H12F2N2S/c13-9-4-8(5-10(14)6-9)2-1-3-11-7-15-12(17)16-11/h4-7H,1-3H2,(H2,15,16,17). The van der Waals surface area contributed by atoms with Crippen molar-refractivity contribution in [3.05, 3.63) is 52.1 Å². The highest BCUT2D eigenvalue weighted by molar-refractivity contribution is 7.71. The van der Waals surface area contributed by atoms with Crippen molar-refractivity contribution in [2.45, 2.75) is 19.3 Å². The molecule has 90 valence electrons. The Kier molecular flexibility index (Phi) is 3.68. The number of aryl methyl sites for hydroxylation is 2. The molecule has 0 aliphatic heterocycles. The van der Waals surface area contributed by atoms with Crippen LogP contribution < -0.4 is 0 Å². The van der Waals surface area contributed by atoms with Crippen LogP contribution in [-0.4, -0.2) is 9.97 Å². The van der Waals surface area contributed by atoms with Crippen LogP contribution in [0.25, 0.3) is 0 Å². The summed E-state index contributed by atoms with van der Waals surface area (Å²) in [4.78, 5) is 5.87. The van der Waals surface area contributed by atoms with Gasteiger partial charge in [0.2, 0.25) is 0 Å². The summed E-state index contributed by atoms with van der Waals surface area (Å²) in [7, 11) is 0. The number of hydrogen-bond acceptors (Lipinski definition) is 1. The van der Waals surface area contributed by atoms with Gasteiger partial charge in [-0.3, -0.25) is 0 Å². The van der Waals surface area contributed by atoms with Crippen molar-refractivity contribution >= 4 is 12.2 Å². The van der Waals surface area contributed by atoms with Crippen LogP contribution in [0, 0.1) is 16.4 Å². The lowest BCUT2D eigenvalue weighted by atomic mass is 10.1. The number of aromatic amines is 2. The van der Waals surface area contributed by atoms with E-state index < -0.39 is 11.6 Å². The SMILES string of the molecule is Fc1cc(F)cc(CCCc2c[nH]c(=S)[nH]2)c1. The number of benzene rings is 1. The number of hydrogen-bond donors (Lipinski definition) is 2. The predicted molar refractivity (Wildman–Crippen MR) is 64.4 cm³/mol. The molecule has 0 saturated carbocycles. The second-order valence-corrected chi connectivity index (χ2v) is 4.31. The Morgan fingerprint density at radius 1 is 1.06 bits per heavy atom. The van der Waals surface area contributed by atoms with Crippen LogP contribution in [0.2, 0.25) is 0 Å². The summed E-state index contributed by atoms with van der Waals surface area (Å²) < 4.78 is 26.4. The Labute approximate surface area is 103 Å². The molecule has 1 heterocycles. The Morgan fingerprint density at radius 3 is 2.35 bits per heavy atom. The second kappa shape index (κ2) is 5.23. The minimum absolute atomic E-state index is 0.527. The number of halogens is 2. The largest absolute Gasteiger partial charge is 0.337 e. The van der Waals surface area contributed by atoms with E-state index in [1.165, 1.54) is 12.1 Å². The summed E-state index contributed by atoms with van der Waals surface area (Å²) in [6.45, 7) is 0. The molecular formula is C12H12F2N2S. The fraction of sp³-hybridized carbons (Fsp3) is 0.250. The Morgan fingerprint density at radius 2 is 1.76 bits per heavy atom. The van der Waals surface area contributed by atoms with E-state index in [-0.39, 0.29) is 0 Å². The molecule has 0 fully saturated rings. The van der Waals surface area contributed by atoms with E-state index in [1.54, 1.807) is 0 Å². The van der Waals surface area contributed by atoms with Gasteiger partial charge >= 0.3 is 0 Å². The molecule has 0 bridgehead atoms. The summed E-state index contributed by atoms with van der Waals surface area (Å²) in [5.74, 6) is -1.05. The quantitative estimate of drug-likeness (QED) is 0.804. The summed E-state index contributed by atoms with van der Waals surface area (Å²) in [5, 5.41) is 0. The molecule has 2 aromatic rings. The summed E-state index contributed by atoms with van der Waals surface area (Å²) in [5.41, 5.74) is 1.68. The monoisotopic (exact) mass is 254 g/mol. The normalized spacial score (nSPS) is 10.7. The van der Waals surface area contributed by atoms with Gasteiger partial charge in [0.25, 0.3) is 0 Å². The van der Waals surface area contributed by atoms with Gasteiger partial charge in [-0.25, -0.2) is 8.78 Å². The highest BCUT2D eigenvalue weighted by Gasteiger charge is 2.01. The van der Waals surface area contributed by atoms with E-state index >= 15 is 0 Å². The predicted octanol–water partition coefficient (Wildman–Crippen LogP) is 3.53. The Balaban J connectivity index is 1.91. The van der Waals surface area contributed by atoms with Crippen molar-refractivity contribution in [1.82, 2.24) is 9.97 Å². The van der Waals surface area contributed by atoms with Gasteiger partial charge in [-0.1, -0.05) is 0 Å². The highest BCUT2D eigenvalue weighted by Crippen LogP contribution is 2.11. The van der Waals surface area contributed by atoms with Crippen LogP contribution in [0.5, 0.6) is 0 Å². The molecule has 1 aromatic heterocycles. The molecule has 2 N–H and O–H groups in total. The van der Waals surface area contributed by atoms with E-state index in [2.05, 4.69) is 9.97 Å². The van der Waals surface area contributed by atoms with Crippen LogP contribution in [0.15, 0.2) is 24.4 Å². The number of imidazole rings is 1. The molecule has 17 heavy (non-hydrogen) atoms. The van der Waals surface area contributed by atoms with Crippen LogP contribution in [0.3, 0.4) is 0 Å². The minimum Gasteiger partial charge on any atom is -0.337 e. The van der Waals surface area contributed by atoms with Crippen molar-refractivity contribution in [2.75, 3.05) is 0 Å². The van der Waals surface area contributed by atoms with Gasteiger partial charge in [0.05, 0.1) is 0 Å². The van der Waals surface area contributed by atoms with E-state index in [1.807, 2.05) is 6.20 Å². The maximum absolute atomic E-state index is 12.9. The molecule has 0 aliphatic carbocycles. The van der Waals surface area contributed by atoms with Crippen molar-refractivity contribution in [1.29, 1.82) is 0 Å². The van der Waals surface area contributed by atoms with Gasteiger partial charge in [-0.05, 0) is 49.2 Å². The van der Waals surface area contributed by atoms with E-state index in [4.69, 9.17) is 12.2 Å². The van der Waals surface area contributed by atoms with Crippen LogP contribution in [0.1, 0.15) is 17.7 Å². The zero-order valence-corrected chi connectivity index (χ0v) is 9.91. The fourth-order valence-electron chi connectivity index (χ4n) is 1.74. The van der Waals surface area contributed by atoms with Gasteiger partial charge in [0, 0.05) is 18.0 Å².